The third kappa shape index (κ3) is 2.82. The summed E-state index contributed by atoms with van der Waals surface area (Å²) in [5.74, 6) is -0.668. The van der Waals surface area contributed by atoms with Crippen molar-refractivity contribution in [3.63, 3.8) is 0 Å². The van der Waals surface area contributed by atoms with Crippen LogP contribution in [0.4, 0.5) is 4.39 Å². The summed E-state index contributed by atoms with van der Waals surface area (Å²) in [6.45, 7) is 2.42. The van der Waals surface area contributed by atoms with E-state index in [1.807, 2.05) is 0 Å². The number of Topliss-reactive ketones (excluding diaryl/α,β-unsaturated/α-hetero) is 1. The van der Waals surface area contributed by atoms with Crippen LogP contribution in [0.2, 0.25) is 0 Å². The molecule has 1 fully saturated rings. The van der Waals surface area contributed by atoms with E-state index in [1.165, 1.54) is 19.1 Å². The molecular formula is C13H15FO3. The molecule has 0 aromatic heterocycles. The lowest BCUT2D eigenvalue weighted by molar-refractivity contribution is 0.0658. The Hall–Kier alpha value is -1.42. The summed E-state index contributed by atoms with van der Waals surface area (Å²) in [7, 11) is 0. The zero-order valence-electron chi connectivity index (χ0n) is 9.74. The maximum Gasteiger partial charge on any atom is 0.165 e. The van der Waals surface area contributed by atoms with E-state index < -0.39 is 5.82 Å². The molecule has 0 bridgehead atoms. The molecule has 2 rings (SSSR count). The zero-order valence-corrected chi connectivity index (χ0v) is 9.74. The van der Waals surface area contributed by atoms with Crippen LogP contribution in [0.3, 0.4) is 0 Å². The molecule has 92 valence electrons. The lowest BCUT2D eigenvalue weighted by atomic mass is 10.1. The van der Waals surface area contributed by atoms with Crippen molar-refractivity contribution in [2.24, 2.45) is 0 Å². The van der Waals surface area contributed by atoms with Crippen LogP contribution in [-0.4, -0.2) is 25.1 Å². The van der Waals surface area contributed by atoms with Crippen LogP contribution in [0, 0.1) is 5.82 Å². The minimum Gasteiger partial charge on any atom is -0.487 e. The molecule has 1 aliphatic rings. The van der Waals surface area contributed by atoms with E-state index in [1.54, 1.807) is 6.07 Å². The van der Waals surface area contributed by atoms with Gasteiger partial charge in [0.2, 0.25) is 0 Å². The van der Waals surface area contributed by atoms with E-state index in [0.717, 1.165) is 19.4 Å². The molecule has 0 saturated carbocycles. The third-order valence-electron chi connectivity index (χ3n) is 2.78. The SMILES string of the molecule is CC(=O)c1cccc(F)c1OCC1CCCO1. The van der Waals surface area contributed by atoms with Gasteiger partial charge in [0.25, 0.3) is 0 Å². The van der Waals surface area contributed by atoms with Gasteiger partial charge in [0.05, 0.1) is 11.7 Å². The minimum absolute atomic E-state index is 0.00872. The van der Waals surface area contributed by atoms with Crippen molar-refractivity contribution in [1.29, 1.82) is 0 Å². The zero-order chi connectivity index (χ0) is 12.3. The van der Waals surface area contributed by atoms with Crippen molar-refractivity contribution in [2.45, 2.75) is 25.9 Å². The van der Waals surface area contributed by atoms with Gasteiger partial charge >= 0.3 is 0 Å². The first kappa shape index (κ1) is 12.0. The molecule has 1 aliphatic heterocycles. The summed E-state index contributed by atoms with van der Waals surface area (Å²) < 4.78 is 24.3. The highest BCUT2D eigenvalue weighted by Gasteiger charge is 2.19. The standard InChI is InChI=1S/C13H15FO3/c1-9(15)11-5-2-6-12(14)13(11)17-8-10-4-3-7-16-10/h2,5-6,10H,3-4,7-8H2,1H3. The van der Waals surface area contributed by atoms with E-state index in [9.17, 15) is 9.18 Å². The lowest BCUT2D eigenvalue weighted by Crippen LogP contribution is -2.17. The summed E-state index contributed by atoms with van der Waals surface area (Å²) in [6.07, 6.45) is 1.93. The average Bonchev–Trinajstić information content (AvgIpc) is 2.80. The Kier molecular flexibility index (Phi) is 3.74. The normalized spacial score (nSPS) is 19.3. The average molecular weight is 238 g/mol. The van der Waals surface area contributed by atoms with E-state index >= 15 is 0 Å². The first-order chi connectivity index (χ1) is 8.18. The predicted octanol–water partition coefficient (Wildman–Crippen LogP) is 2.59. The summed E-state index contributed by atoms with van der Waals surface area (Å²) in [5, 5.41) is 0. The highest BCUT2D eigenvalue weighted by atomic mass is 19.1. The Morgan fingerprint density at radius 3 is 3.06 bits per heavy atom. The fourth-order valence-corrected chi connectivity index (χ4v) is 1.88. The molecule has 1 heterocycles. The maximum absolute atomic E-state index is 13.6. The minimum atomic E-state index is -0.504. The van der Waals surface area contributed by atoms with Crippen LogP contribution in [-0.2, 0) is 4.74 Å². The Morgan fingerprint density at radius 1 is 1.59 bits per heavy atom. The van der Waals surface area contributed by atoms with Crippen LogP contribution in [0.1, 0.15) is 30.1 Å². The monoisotopic (exact) mass is 238 g/mol. The fraction of sp³-hybridized carbons (Fsp3) is 0.462. The summed E-state index contributed by atoms with van der Waals surface area (Å²) in [5.41, 5.74) is 0.281. The Bertz CT molecular complexity index is 411. The molecule has 1 unspecified atom stereocenters. The molecule has 0 amide bonds. The molecule has 1 aromatic rings. The van der Waals surface area contributed by atoms with Gasteiger partial charge in [-0.25, -0.2) is 4.39 Å². The lowest BCUT2D eigenvalue weighted by Gasteiger charge is -2.14. The van der Waals surface area contributed by atoms with Crippen molar-refractivity contribution in [3.8, 4) is 5.75 Å². The number of para-hydroxylation sites is 1. The van der Waals surface area contributed by atoms with E-state index in [2.05, 4.69) is 0 Å². The maximum atomic E-state index is 13.6. The van der Waals surface area contributed by atoms with Crippen molar-refractivity contribution >= 4 is 5.78 Å². The van der Waals surface area contributed by atoms with Crippen LogP contribution in [0.15, 0.2) is 18.2 Å². The third-order valence-corrected chi connectivity index (χ3v) is 2.78. The van der Waals surface area contributed by atoms with Crippen LogP contribution in [0.5, 0.6) is 5.75 Å². The van der Waals surface area contributed by atoms with Gasteiger partial charge in [-0.1, -0.05) is 6.07 Å². The second-order valence-electron chi connectivity index (χ2n) is 4.12. The molecule has 0 aliphatic carbocycles. The van der Waals surface area contributed by atoms with Crippen LogP contribution in [0.25, 0.3) is 0 Å². The molecule has 0 spiro atoms. The fourth-order valence-electron chi connectivity index (χ4n) is 1.88. The van der Waals surface area contributed by atoms with Crippen LogP contribution >= 0.6 is 0 Å². The summed E-state index contributed by atoms with van der Waals surface area (Å²) in [4.78, 5) is 11.3. The first-order valence-electron chi connectivity index (χ1n) is 5.72. The smallest absolute Gasteiger partial charge is 0.165 e. The number of benzene rings is 1. The molecule has 1 aromatic carbocycles. The number of carbonyl (C=O) groups is 1. The molecule has 3 nitrogen and oxygen atoms in total. The molecule has 1 atom stereocenters. The number of ether oxygens (including phenoxy) is 2. The molecule has 4 heteroatoms. The topological polar surface area (TPSA) is 35.5 Å². The van der Waals surface area contributed by atoms with Crippen LogP contribution < -0.4 is 4.74 Å². The van der Waals surface area contributed by atoms with Gasteiger partial charge in [-0.3, -0.25) is 4.79 Å². The largest absolute Gasteiger partial charge is 0.487 e. The number of carbonyl (C=O) groups excluding carboxylic acids is 1. The van der Waals surface area contributed by atoms with Crippen molar-refractivity contribution in [2.75, 3.05) is 13.2 Å². The Morgan fingerprint density at radius 2 is 2.41 bits per heavy atom. The second kappa shape index (κ2) is 5.27. The number of ketones is 1. The predicted molar refractivity (Wildman–Crippen MR) is 60.9 cm³/mol. The number of rotatable bonds is 4. The van der Waals surface area contributed by atoms with Gasteiger partial charge in [-0.05, 0) is 31.9 Å². The van der Waals surface area contributed by atoms with Gasteiger partial charge in [-0.2, -0.15) is 0 Å². The van der Waals surface area contributed by atoms with Crippen molar-refractivity contribution in [3.05, 3.63) is 29.6 Å². The highest BCUT2D eigenvalue weighted by Crippen LogP contribution is 2.24. The van der Waals surface area contributed by atoms with Crippen molar-refractivity contribution in [1.82, 2.24) is 0 Å². The number of halogens is 1. The van der Waals surface area contributed by atoms with E-state index in [4.69, 9.17) is 9.47 Å². The quantitative estimate of drug-likeness (QED) is 0.756. The summed E-state index contributed by atoms with van der Waals surface area (Å²) in [6, 6.07) is 4.36. The molecule has 0 radical (unpaired) electrons. The Labute approximate surface area is 99.5 Å². The molecular weight excluding hydrogens is 223 g/mol. The van der Waals surface area contributed by atoms with Gasteiger partial charge in [0.15, 0.2) is 17.3 Å². The first-order valence-corrected chi connectivity index (χ1v) is 5.72. The van der Waals surface area contributed by atoms with Crippen molar-refractivity contribution < 1.29 is 18.7 Å². The molecule has 17 heavy (non-hydrogen) atoms. The highest BCUT2D eigenvalue weighted by molar-refractivity contribution is 5.96. The van der Waals surface area contributed by atoms with Gasteiger partial charge in [0, 0.05) is 6.61 Å². The van der Waals surface area contributed by atoms with Gasteiger partial charge in [-0.15, -0.1) is 0 Å². The number of hydrogen-bond donors (Lipinski definition) is 0. The number of hydrogen-bond acceptors (Lipinski definition) is 3. The Balaban J connectivity index is 2.10. The molecule has 0 N–H and O–H groups in total. The summed E-state index contributed by atoms with van der Waals surface area (Å²) >= 11 is 0. The van der Waals surface area contributed by atoms with Gasteiger partial charge < -0.3 is 9.47 Å². The van der Waals surface area contributed by atoms with Gasteiger partial charge in [0.1, 0.15) is 6.61 Å². The second-order valence-corrected chi connectivity index (χ2v) is 4.12. The van der Waals surface area contributed by atoms with E-state index in [-0.39, 0.29) is 23.2 Å². The molecule has 1 saturated heterocycles. The van der Waals surface area contributed by atoms with E-state index in [0.29, 0.717) is 6.61 Å².